The summed E-state index contributed by atoms with van der Waals surface area (Å²) in [6.07, 6.45) is -1.19. The molecule has 1 saturated heterocycles. The third kappa shape index (κ3) is 4.00. The van der Waals surface area contributed by atoms with Gasteiger partial charge in [0.25, 0.3) is 5.91 Å². The van der Waals surface area contributed by atoms with Crippen LogP contribution in [0.2, 0.25) is 0 Å². The lowest BCUT2D eigenvalue weighted by Crippen LogP contribution is -2.38. The quantitative estimate of drug-likeness (QED) is 0.763. The summed E-state index contributed by atoms with van der Waals surface area (Å²) in [6, 6.07) is 3.18. The van der Waals surface area contributed by atoms with Gasteiger partial charge in [-0.2, -0.15) is 13.2 Å². The molecule has 3 rings (SSSR count). The van der Waals surface area contributed by atoms with Crippen LogP contribution in [0.3, 0.4) is 0 Å². The molecule has 0 unspecified atom stereocenters. The highest BCUT2D eigenvalue weighted by molar-refractivity contribution is 8.04. The molecule has 0 aromatic heterocycles. The minimum Gasteiger partial charge on any atom is -0.339 e. The zero-order valence-electron chi connectivity index (χ0n) is 13.5. The van der Waals surface area contributed by atoms with E-state index in [-0.39, 0.29) is 16.5 Å². The first-order valence-electron chi connectivity index (χ1n) is 7.95. The molecule has 1 N–H and O–H groups in total. The fourth-order valence-corrected chi connectivity index (χ4v) is 3.83. The summed E-state index contributed by atoms with van der Waals surface area (Å²) in [5.41, 5.74) is -0.709. The van der Waals surface area contributed by atoms with Crippen molar-refractivity contribution in [2.75, 3.05) is 18.4 Å². The van der Waals surface area contributed by atoms with Gasteiger partial charge in [0.1, 0.15) is 0 Å². The summed E-state index contributed by atoms with van der Waals surface area (Å²) in [5, 5.41) is 2.44. The molecule has 134 valence electrons. The number of nitrogens with one attached hydrogen (secondary N) is 1. The molecule has 1 aromatic rings. The van der Waals surface area contributed by atoms with E-state index in [0.29, 0.717) is 23.9 Å². The molecule has 2 aliphatic heterocycles. The number of likely N-dealkylation sites (tertiary alicyclic amines) is 1. The molecular weight excluding hydrogens is 353 g/mol. The maximum absolute atomic E-state index is 12.8. The van der Waals surface area contributed by atoms with Gasteiger partial charge >= 0.3 is 6.18 Å². The largest absolute Gasteiger partial charge is 0.416 e. The van der Waals surface area contributed by atoms with E-state index in [1.807, 2.05) is 0 Å². The number of anilines is 1. The molecule has 2 amide bonds. The van der Waals surface area contributed by atoms with E-state index in [2.05, 4.69) is 12.2 Å². The molecule has 25 heavy (non-hydrogen) atoms. The van der Waals surface area contributed by atoms with Gasteiger partial charge in [-0.15, -0.1) is 0 Å². The maximum Gasteiger partial charge on any atom is 0.416 e. The molecule has 1 fully saturated rings. The third-order valence-corrected chi connectivity index (χ3v) is 5.32. The number of halogens is 3. The van der Waals surface area contributed by atoms with Gasteiger partial charge in [0.15, 0.2) is 0 Å². The number of piperidine rings is 1. The molecule has 8 heteroatoms. The van der Waals surface area contributed by atoms with E-state index in [9.17, 15) is 22.8 Å². The summed E-state index contributed by atoms with van der Waals surface area (Å²) < 4.78 is 38.3. The van der Waals surface area contributed by atoms with E-state index < -0.39 is 17.6 Å². The SMILES string of the molecule is C[C@H]1CCCN(C(=O)/C=C2/Sc3ccc(C(F)(F)F)cc3NC2=O)C1. The number of amides is 2. The Morgan fingerprint density at radius 1 is 1.40 bits per heavy atom. The maximum atomic E-state index is 12.8. The number of nitrogens with zero attached hydrogens (tertiary/aromatic N) is 1. The smallest absolute Gasteiger partial charge is 0.339 e. The van der Waals surface area contributed by atoms with Gasteiger partial charge in [0.05, 0.1) is 16.2 Å². The number of carbonyl (C=O) groups is 2. The normalized spacial score (nSPS) is 22.6. The highest BCUT2D eigenvalue weighted by Gasteiger charge is 2.33. The van der Waals surface area contributed by atoms with Crippen molar-refractivity contribution < 1.29 is 22.8 Å². The summed E-state index contributed by atoms with van der Waals surface area (Å²) >= 11 is 1.01. The van der Waals surface area contributed by atoms with Crippen molar-refractivity contribution in [1.29, 1.82) is 0 Å². The van der Waals surface area contributed by atoms with Crippen molar-refractivity contribution in [3.8, 4) is 0 Å². The number of carbonyl (C=O) groups excluding carboxylic acids is 2. The zero-order valence-corrected chi connectivity index (χ0v) is 14.3. The van der Waals surface area contributed by atoms with Gasteiger partial charge in [-0.25, -0.2) is 0 Å². The first-order chi connectivity index (χ1) is 11.7. The van der Waals surface area contributed by atoms with Crippen LogP contribution >= 0.6 is 11.8 Å². The van der Waals surface area contributed by atoms with Crippen LogP contribution in [0.1, 0.15) is 25.3 Å². The van der Waals surface area contributed by atoms with Crippen LogP contribution in [-0.4, -0.2) is 29.8 Å². The fourth-order valence-electron chi connectivity index (χ4n) is 2.93. The van der Waals surface area contributed by atoms with Crippen LogP contribution in [0, 0.1) is 5.92 Å². The first-order valence-corrected chi connectivity index (χ1v) is 8.77. The average molecular weight is 370 g/mol. The van der Waals surface area contributed by atoms with E-state index >= 15 is 0 Å². The van der Waals surface area contributed by atoms with Gasteiger partial charge in [-0.05, 0) is 37.0 Å². The van der Waals surface area contributed by atoms with Crippen LogP contribution in [0.5, 0.6) is 0 Å². The Morgan fingerprint density at radius 2 is 2.16 bits per heavy atom. The molecule has 2 aliphatic rings. The van der Waals surface area contributed by atoms with Crippen molar-refractivity contribution in [3.05, 3.63) is 34.7 Å². The van der Waals surface area contributed by atoms with Gasteiger partial charge < -0.3 is 10.2 Å². The van der Waals surface area contributed by atoms with Gasteiger partial charge in [0.2, 0.25) is 5.91 Å². The molecule has 0 saturated carbocycles. The Balaban J connectivity index is 1.79. The van der Waals surface area contributed by atoms with Crippen molar-refractivity contribution in [2.45, 2.75) is 30.8 Å². The minimum atomic E-state index is -4.47. The predicted octanol–water partition coefficient (Wildman–Crippen LogP) is 3.89. The van der Waals surface area contributed by atoms with Crippen molar-refractivity contribution in [1.82, 2.24) is 4.90 Å². The molecule has 4 nitrogen and oxygen atoms in total. The Hall–Kier alpha value is -1.96. The summed E-state index contributed by atoms with van der Waals surface area (Å²) in [5.74, 6) is -0.375. The monoisotopic (exact) mass is 370 g/mol. The number of thioether (sulfide) groups is 1. The second-order valence-corrected chi connectivity index (χ2v) is 7.39. The molecule has 2 heterocycles. The standard InChI is InChI=1S/C17H17F3N2O2S/c1-10-3-2-6-22(9-10)15(23)8-14-16(24)21-12-7-11(17(18,19)20)4-5-13(12)25-14/h4-5,7-8,10H,2-3,6,9H2,1H3,(H,21,24)/b14-8+/t10-/m0/s1. The first kappa shape index (κ1) is 17.8. The zero-order chi connectivity index (χ0) is 18.2. The van der Waals surface area contributed by atoms with Crippen LogP contribution in [0.4, 0.5) is 18.9 Å². The topological polar surface area (TPSA) is 49.4 Å². The Kier molecular flexibility index (Phi) is 4.81. The molecule has 1 aromatic carbocycles. The van der Waals surface area contributed by atoms with Crippen LogP contribution < -0.4 is 5.32 Å². The predicted molar refractivity (Wildman–Crippen MR) is 89.0 cm³/mol. The van der Waals surface area contributed by atoms with E-state index in [4.69, 9.17) is 0 Å². The number of hydrogen-bond donors (Lipinski definition) is 1. The Bertz CT molecular complexity index is 746. The number of fused-ring (bicyclic) bond motifs is 1. The highest BCUT2D eigenvalue weighted by atomic mass is 32.2. The summed E-state index contributed by atoms with van der Waals surface area (Å²) in [4.78, 5) is 26.9. The second-order valence-electron chi connectivity index (χ2n) is 6.31. The highest BCUT2D eigenvalue weighted by Crippen LogP contribution is 2.41. The number of rotatable bonds is 1. The molecule has 0 radical (unpaired) electrons. The van der Waals surface area contributed by atoms with E-state index in [0.717, 1.165) is 36.7 Å². The lowest BCUT2D eigenvalue weighted by Gasteiger charge is -2.30. The van der Waals surface area contributed by atoms with Gasteiger partial charge in [-0.3, -0.25) is 9.59 Å². The molecule has 0 spiro atoms. The van der Waals surface area contributed by atoms with Crippen molar-refractivity contribution >= 4 is 29.3 Å². The van der Waals surface area contributed by atoms with Gasteiger partial charge in [0, 0.05) is 24.1 Å². The van der Waals surface area contributed by atoms with E-state index in [1.165, 1.54) is 12.1 Å². The number of alkyl halides is 3. The van der Waals surface area contributed by atoms with E-state index in [1.54, 1.807) is 4.90 Å². The Morgan fingerprint density at radius 3 is 2.84 bits per heavy atom. The third-order valence-electron chi connectivity index (χ3n) is 4.22. The fraction of sp³-hybridized carbons (Fsp3) is 0.412. The minimum absolute atomic E-state index is 0.112. The van der Waals surface area contributed by atoms with Crippen LogP contribution in [0.15, 0.2) is 34.1 Å². The summed E-state index contributed by atoms with van der Waals surface area (Å²) in [7, 11) is 0. The molecule has 0 aliphatic carbocycles. The van der Waals surface area contributed by atoms with Crippen molar-refractivity contribution in [2.24, 2.45) is 5.92 Å². The molecular formula is C17H17F3N2O2S. The molecule has 0 bridgehead atoms. The second kappa shape index (κ2) is 6.74. The molecule has 1 atom stereocenters. The lowest BCUT2D eigenvalue weighted by molar-refractivity contribution is -0.137. The number of hydrogen-bond acceptors (Lipinski definition) is 3. The van der Waals surface area contributed by atoms with Crippen molar-refractivity contribution in [3.63, 3.8) is 0 Å². The average Bonchev–Trinajstić information content (AvgIpc) is 2.54. The van der Waals surface area contributed by atoms with Crippen LogP contribution in [-0.2, 0) is 15.8 Å². The van der Waals surface area contributed by atoms with Gasteiger partial charge in [-0.1, -0.05) is 18.7 Å². The van der Waals surface area contributed by atoms with Crippen LogP contribution in [0.25, 0.3) is 0 Å². The lowest BCUT2D eigenvalue weighted by atomic mass is 10.0. The Labute approximate surface area is 147 Å². The summed E-state index contributed by atoms with van der Waals surface area (Å²) in [6.45, 7) is 3.38. The number of benzene rings is 1.